The zero-order valence-electron chi connectivity index (χ0n) is 9.60. The highest BCUT2D eigenvalue weighted by molar-refractivity contribution is 7.90. The van der Waals surface area contributed by atoms with E-state index in [2.05, 4.69) is 5.32 Å². The fraction of sp³-hybridized carbons (Fsp3) is 0.500. The van der Waals surface area contributed by atoms with Crippen LogP contribution in [0.15, 0.2) is 29.2 Å². The number of sulfone groups is 1. The maximum atomic E-state index is 11.3. The molecule has 4 heteroatoms. The molecule has 1 saturated carbocycles. The molecule has 1 N–H and O–H groups in total. The first kappa shape index (κ1) is 11.6. The van der Waals surface area contributed by atoms with E-state index in [0.717, 1.165) is 12.8 Å². The largest absolute Gasteiger partial charge is 0.317 e. The van der Waals surface area contributed by atoms with Gasteiger partial charge in [-0.25, -0.2) is 8.42 Å². The quantitative estimate of drug-likeness (QED) is 0.870. The molecule has 0 atom stereocenters. The molecule has 16 heavy (non-hydrogen) atoms. The van der Waals surface area contributed by atoms with E-state index >= 15 is 0 Å². The van der Waals surface area contributed by atoms with Crippen molar-refractivity contribution in [1.82, 2.24) is 5.32 Å². The predicted octanol–water partition coefficient (Wildman–Crippen LogP) is 1.56. The number of hydrogen-bond donors (Lipinski definition) is 1. The third kappa shape index (κ3) is 2.28. The van der Waals surface area contributed by atoms with E-state index in [-0.39, 0.29) is 0 Å². The molecule has 2 rings (SSSR count). The summed E-state index contributed by atoms with van der Waals surface area (Å²) in [5, 5.41) is 3.24. The van der Waals surface area contributed by atoms with Gasteiger partial charge in [-0.1, -0.05) is 12.1 Å². The van der Waals surface area contributed by atoms with Gasteiger partial charge in [0.2, 0.25) is 0 Å². The zero-order valence-corrected chi connectivity index (χ0v) is 10.4. The number of hydrogen-bond acceptors (Lipinski definition) is 3. The minimum absolute atomic E-state index is 0.403. The first-order chi connectivity index (χ1) is 7.50. The standard InChI is InChI=1S/C12H17NO2S/c1-13-11-7-10(8-11)9-3-5-12(6-4-9)16(2,14)15/h3-6,10-11,13H,7-8H2,1-2H3. The fourth-order valence-corrected chi connectivity index (χ4v) is 2.74. The number of benzene rings is 1. The van der Waals surface area contributed by atoms with E-state index in [9.17, 15) is 8.42 Å². The highest BCUT2D eigenvalue weighted by atomic mass is 32.2. The van der Waals surface area contributed by atoms with Crippen molar-refractivity contribution in [2.75, 3.05) is 13.3 Å². The molecule has 1 aliphatic carbocycles. The average Bonchev–Trinajstić information content (AvgIpc) is 2.15. The molecule has 1 aromatic rings. The van der Waals surface area contributed by atoms with Gasteiger partial charge in [0.1, 0.15) is 0 Å². The predicted molar refractivity (Wildman–Crippen MR) is 64.4 cm³/mol. The molecule has 0 spiro atoms. The fourth-order valence-electron chi connectivity index (χ4n) is 2.11. The molecule has 0 saturated heterocycles. The van der Waals surface area contributed by atoms with Crippen molar-refractivity contribution in [3.05, 3.63) is 29.8 Å². The first-order valence-electron chi connectivity index (χ1n) is 5.48. The first-order valence-corrected chi connectivity index (χ1v) is 7.37. The van der Waals surface area contributed by atoms with Gasteiger partial charge in [-0.05, 0) is 43.5 Å². The molecule has 0 bridgehead atoms. The molecule has 0 heterocycles. The summed E-state index contributed by atoms with van der Waals surface area (Å²) in [5.41, 5.74) is 1.25. The molecule has 88 valence electrons. The SMILES string of the molecule is CNC1CC(c2ccc(S(C)(=O)=O)cc2)C1. The summed E-state index contributed by atoms with van der Waals surface area (Å²) in [7, 11) is -1.08. The van der Waals surface area contributed by atoms with E-state index in [1.54, 1.807) is 12.1 Å². The van der Waals surface area contributed by atoms with Gasteiger partial charge in [-0.2, -0.15) is 0 Å². The Labute approximate surface area is 96.8 Å². The van der Waals surface area contributed by atoms with E-state index in [1.165, 1.54) is 11.8 Å². The van der Waals surface area contributed by atoms with Crippen molar-refractivity contribution >= 4 is 9.84 Å². The summed E-state index contributed by atoms with van der Waals surface area (Å²) in [4.78, 5) is 0.403. The Balaban J connectivity index is 2.10. The van der Waals surface area contributed by atoms with Crippen LogP contribution in [0.2, 0.25) is 0 Å². The highest BCUT2D eigenvalue weighted by Gasteiger charge is 2.28. The maximum absolute atomic E-state index is 11.3. The molecule has 0 amide bonds. The van der Waals surface area contributed by atoms with E-state index < -0.39 is 9.84 Å². The van der Waals surface area contributed by atoms with E-state index in [1.807, 2.05) is 19.2 Å². The van der Waals surface area contributed by atoms with E-state index in [4.69, 9.17) is 0 Å². The Morgan fingerprint density at radius 2 is 1.75 bits per heavy atom. The molecule has 1 fully saturated rings. The summed E-state index contributed by atoms with van der Waals surface area (Å²) >= 11 is 0. The van der Waals surface area contributed by atoms with Crippen molar-refractivity contribution < 1.29 is 8.42 Å². The van der Waals surface area contributed by atoms with Crippen LogP contribution in [0, 0.1) is 0 Å². The van der Waals surface area contributed by atoms with Crippen LogP contribution in [0.3, 0.4) is 0 Å². The average molecular weight is 239 g/mol. The molecule has 0 aliphatic heterocycles. The van der Waals surface area contributed by atoms with Crippen LogP contribution < -0.4 is 5.32 Å². The van der Waals surface area contributed by atoms with E-state index in [0.29, 0.717) is 16.9 Å². The summed E-state index contributed by atoms with van der Waals surface area (Å²) in [5.74, 6) is 0.589. The lowest BCUT2D eigenvalue weighted by molar-refractivity contribution is 0.307. The van der Waals surface area contributed by atoms with Crippen LogP contribution >= 0.6 is 0 Å². The Kier molecular flexibility index (Phi) is 3.04. The second kappa shape index (κ2) is 4.18. The van der Waals surface area contributed by atoms with Gasteiger partial charge in [0.25, 0.3) is 0 Å². The lowest BCUT2D eigenvalue weighted by atomic mass is 9.76. The van der Waals surface area contributed by atoms with Crippen molar-refractivity contribution in [3.8, 4) is 0 Å². The van der Waals surface area contributed by atoms with Crippen LogP contribution in [0.5, 0.6) is 0 Å². The van der Waals surface area contributed by atoms with Crippen LogP contribution in [-0.2, 0) is 9.84 Å². The molecule has 3 nitrogen and oxygen atoms in total. The summed E-state index contributed by atoms with van der Waals surface area (Å²) < 4.78 is 22.6. The molecular weight excluding hydrogens is 222 g/mol. The lowest BCUT2D eigenvalue weighted by Crippen LogP contribution is -2.37. The number of rotatable bonds is 3. The second-order valence-electron chi connectivity index (χ2n) is 4.50. The van der Waals surface area contributed by atoms with Crippen LogP contribution in [0.4, 0.5) is 0 Å². The van der Waals surface area contributed by atoms with Crippen LogP contribution in [-0.4, -0.2) is 27.8 Å². The smallest absolute Gasteiger partial charge is 0.175 e. The van der Waals surface area contributed by atoms with Gasteiger partial charge < -0.3 is 5.32 Å². The van der Waals surface area contributed by atoms with Crippen LogP contribution in [0.25, 0.3) is 0 Å². The van der Waals surface area contributed by atoms with Crippen molar-refractivity contribution in [1.29, 1.82) is 0 Å². The topological polar surface area (TPSA) is 46.2 Å². The van der Waals surface area contributed by atoms with Crippen molar-refractivity contribution in [2.45, 2.75) is 29.7 Å². The molecular formula is C12H17NO2S. The minimum atomic E-state index is -3.06. The van der Waals surface area contributed by atoms with Crippen LogP contribution in [0.1, 0.15) is 24.3 Å². The highest BCUT2D eigenvalue weighted by Crippen LogP contribution is 2.36. The second-order valence-corrected chi connectivity index (χ2v) is 6.51. The van der Waals surface area contributed by atoms with Gasteiger partial charge >= 0.3 is 0 Å². The van der Waals surface area contributed by atoms with Gasteiger partial charge in [0.05, 0.1) is 4.90 Å². The van der Waals surface area contributed by atoms with Crippen molar-refractivity contribution in [3.63, 3.8) is 0 Å². The Morgan fingerprint density at radius 1 is 1.19 bits per heavy atom. The Bertz CT molecular complexity index is 458. The molecule has 1 aromatic carbocycles. The summed E-state index contributed by atoms with van der Waals surface area (Å²) in [6, 6.07) is 7.91. The Hall–Kier alpha value is -0.870. The van der Waals surface area contributed by atoms with Gasteiger partial charge in [-0.3, -0.25) is 0 Å². The van der Waals surface area contributed by atoms with Gasteiger partial charge in [-0.15, -0.1) is 0 Å². The van der Waals surface area contributed by atoms with Crippen molar-refractivity contribution in [2.24, 2.45) is 0 Å². The zero-order chi connectivity index (χ0) is 11.8. The summed E-state index contributed by atoms with van der Waals surface area (Å²) in [6.45, 7) is 0. The van der Waals surface area contributed by atoms with Gasteiger partial charge in [0.15, 0.2) is 9.84 Å². The molecule has 0 unspecified atom stereocenters. The monoisotopic (exact) mass is 239 g/mol. The van der Waals surface area contributed by atoms with Gasteiger partial charge in [0, 0.05) is 12.3 Å². The lowest BCUT2D eigenvalue weighted by Gasteiger charge is -2.35. The normalized spacial score (nSPS) is 25.1. The molecule has 0 radical (unpaired) electrons. The third-order valence-electron chi connectivity index (χ3n) is 3.33. The maximum Gasteiger partial charge on any atom is 0.175 e. The Morgan fingerprint density at radius 3 is 2.19 bits per heavy atom. The minimum Gasteiger partial charge on any atom is -0.317 e. The molecule has 0 aromatic heterocycles. The molecule has 1 aliphatic rings. The summed E-state index contributed by atoms with van der Waals surface area (Å²) in [6.07, 6.45) is 3.53. The number of nitrogens with one attached hydrogen (secondary N) is 1. The third-order valence-corrected chi connectivity index (χ3v) is 4.45.